The van der Waals surface area contributed by atoms with E-state index in [0.29, 0.717) is 6.54 Å². The molecule has 0 N–H and O–H groups in total. The van der Waals surface area contributed by atoms with Crippen LogP contribution in [0.15, 0.2) is 24.3 Å². The molecule has 1 aromatic carbocycles. The third kappa shape index (κ3) is 2.59. The zero-order chi connectivity index (χ0) is 16.6. The van der Waals surface area contributed by atoms with Crippen LogP contribution < -0.4 is 4.90 Å². The van der Waals surface area contributed by atoms with Crippen molar-refractivity contribution in [3.8, 4) is 6.07 Å². The number of nitriles is 1. The van der Waals surface area contributed by atoms with Crippen molar-refractivity contribution in [2.45, 2.75) is 38.1 Å². The van der Waals surface area contributed by atoms with E-state index in [9.17, 15) is 14.9 Å². The topological polar surface area (TPSA) is 64.4 Å². The molecule has 120 valence electrons. The average molecular weight is 311 g/mol. The molecule has 1 saturated carbocycles. The van der Waals surface area contributed by atoms with Crippen LogP contribution in [0.4, 0.5) is 5.69 Å². The first kappa shape index (κ1) is 15.5. The summed E-state index contributed by atoms with van der Waals surface area (Å²) in [4.78, 5) is 28.3. The van der Waals surface area contributed by atoms with E-state index in [1.165, 1.54) is 0 Å². The minimum Gasteiger partial charge on any atom is -0.327 e. The molecule has 2 amide bonds. The first-order chi connectivity index (χ1) is 11.0. The van der Waals surface area contributed by atoms with Crippen molar-refractivity contribution >= 4 is 17.5 Å². The molecule has 0 radical (unpaired) electrons. The molecule has 1 aliphatic heterocycles. The van der Waals surface area contributed by atoms with Gasteiger partial charge >= 0.3 is 0 Å². The number of amides is 2. The zero-order valence-electron chi connectivity index (χ0n) is 13.6. The largest absolute Gasteiger partial charge is 0.327 e. The predicted molar refractivity (Wildman–Crippen MR) is 86.6 cm³/mol. The molecule has 5 heteroatoms. The highest BCUT2D eigenvalue weighted by atomic mass is 16.2. The monoisotopic (exact) mass is 311 g/mol. The lowest BCUT2D eigenvalue weighted by atomic mass is 9.76. The van der Waals surface area contributed by atoms with Crippen LogP contribution in [0.2, 0.25) is 0 Å². The van der Waals surface area contributed by atoms with Gasteiger partial charge in [-0.05, 0) is 38.3 Å². The maximum absolute atomic E-state index is 12.7. The van der Waals surface area contributed by atoms with E-state index in [2.05, 4.69) is 6.07 Å². The lowest BCUT2D eigenvalue weighted by molar-refractivity contribution is -0.140. The van der Waals surface area contributed by atoms with E-state index in [0.717, 1.165) is 30.5 Å². The molecule has 0 spiro atoms. The van der Waals surface area contributed by atoms with Gasteiger partial charge in [-0.1, -0.05) is 17.7 Å². The van der Waals surface area contributed by atoms with E-state index in [-0.39, 0.29) is 24.2 Å². The third-order valence-corrected chi connectivity index (χ3v) is 5.18. The summed E-state index contributed by atoms with van der Waals surface area (Å²) in [5.74, 6) is -0.478. The van der Waals surface area contributed by atoms with Gasteiger partial charge in [0.25, 0.3) is 0 Å². The molecule has 1 aromatic rings. The van der Waals surface area contributed by atoms with Crippen LogP contribution in [-0.4, -0.2) is 35.8 Å². The molecule has 1 aliphatic carbocycles. The number of aryl methyl sites for hydroxylation is 1. The second kappa shape index (κ2) is 5.69. The Morgan fingerprint density at radius 3 is 2.52 bits per heavy atom. The normalized spacial score (nSPS) is 22.4. The number of benzene rings is 1. The molecular weight excluding hydrogens is 290 g/mol. The predicted octanol–water partition coefficient (Wildman–Crippen LogP) is 2.25. The number of hydrogen-bond donors (Lipinski definition) is 0. The number of nitrogens with zero attached hydrogens (tertiary/aromatic N) is 3. The standard InChI is InChI=1S/C18H21N3O2/c1-13-4-6-15(7-5-13)21-11-14(10-16(21)22)17(23)20(2)18(12-19)8-3-9-18/h4-7,14H,3,8-11H2,1-2H3/t14-/m1/s1. The van der Waals surface area contributed by atoms with Crippen molar-refractivity contribution < 1.29 is 9.59 Å². The maximum atomic E-state index is 12.7. The Balaban J connectivity index is 1.73. The lowest BCUT2D eigenvalue weighted by Gasteiger charge is -2.43. The average Bonchev–Trinajstić information content (AvgIpc) is 2.88. The summed E-state index contributed by atoms with van der Waals surface area (Å²) in [5.41, 5.74) is 1.31. The van der Waals surface area contributed by atoms with Gasteiger partial charge in [-0.3, -0.25) is 9.59 Å². The first-order valence-corrected chi connectivity index (χ1v) is 8.03. The number of hydrogen-bond acceptors (Lipinski definition) is 3. The fraction of sp³-hybridized carbons (Fsp3) is 0.500. The van der Waals surface area contributed by atoms with Crippen molar-refractivity contribution in [2.24, 2.45) is 5.92 Å². The quantitative estimate of drug-likeness (QED) is 0.860. The number of rotatable bonds is 3. The van der Waals surface area contributed by atoms with Gasteiger partial charge in [0.15, 0.2) is 0 Å². The van der Waals surface area contributed by atoms with Crippen molar-refractivity contribution in [3.63, 3.8) is 0 Å². The third-order valence-electron chi connectivity index (χ3n) is 5.18. The molecule has 0 aromatic heterocycles. The molecule has 2 aliphatic rings. The number of carbonyl (C=O) groups excluding carboxylic acids is 2. The fourth-order valence-corrected chi connectivity index (χ4v) is 3.37. The molecule has 1 heterocycles. The van der Waals surface area contributed by atoms with E-state index in [1.54, 1.807) is 16.8 Å². The Morgan fingerprint density at radius 2 is 2.00 bits per heavy atom. The molecule has 0 bridgehead atoms. The highest BCUT2D eigenvalue weighted by Crippen LogP contribution is 2.38. The Morgan fingerprint density at radius 1 is 1.35 bits per heavy atom. The van der Waals surface area contributed by atoms with Crippen molar-refractivity contribution in [1.82, 2.24) is 4.90 Å². The molecule has 23 heavy (non-hydrogen) atoms. The Bertz CT molecular complexity index is 671. The van der Waals surface area contributed by atoms with E-state index in [4.69, 9.17) is 0 Å². The van der Waals surface area contributed by atoms with Crippen LogP contribution in [0.5, 0.6) is 0 Å². The number of carbonyl (C=O) groups is 2. The summed E-state index contributed by atoms with van der Waals surface area (Å²) in [6.07, 6.45) is 2.66. The van der Waals surface area contributed by atoms with Gasteiger partial charge in [0.2, 0.25) is 11.8 Å². The SMILES string of the molecule is Cc1ccc(N2C[C@H](C(=O)N(C)C3(C#N)CCC3)CC2=O)cc1. The van der Waals surface area contributed by atoms with Crippen LogP contribution in [0, 0.1) is 24.2 Å². The van der Waals surface area contributed by atoms with Crippen LogP contribution in [0.3, 0.4) is 0 Å². The van der Waals surface area contributed by atoms with Gasteiger partial charge in [0, 0.05) is 25.7 Å². The Kier molecular flexibility index (Phi) is 3.85. The van der Waals surface area contributed by atoms with E-state index in [1.807, 2.05) is 31.2 Å². The minimum absolute atomic E-state index is 0.0276. The van der Waals surface area contributed by atoms with Crippen LogP contribution in [-0.2, 0) is 9.59 Å². The van der Waals surface area contributed by atoms with Gasteiger partial charge < -0.3 is 9.80 Å². The first-order valence-electron chi connectivity index (χ1n) is 8.03. The summed E-state index contributed by atoms with van der Waals surface area (Å²) in [7, 11) is 1.70. The van der Waals surface area contributed by atoms with Gasteiger partial charge in [-0.15, -0.1) is 0 Å². The summed E-state index contributed by atoms with van der Waals surface area (Å²) in [5, 5.41) is 9.39. The van der Waals surface area contributed by atoms with Gasteiger partial charge in [-0.2, -0.15) is 5.26 Å². The van der Waals surface area contributed by atoms with Crippen molar-refractivity contribution in [1.29, 1.82) is 5.26 Å². The summed E-state index contributed by atoms with van der Waals surface area (Å²) >= 11 is 0. The summed E-state index contributed by atoms with van der Waals surface area (Å²) in [6, 6.07) is 10.0. The Labute approximate surface area is 136 Å². The van der Waals surface area contributed by atoms with Gasteiger partial charge in [-0.25, -0.2) is 0 Å². The Hall–Kier alpha value is -2.35. The minimum atomic E-state index is -0.655. The van der Waals surface area contributed by atoms with Crippen LogP contribution in [0.25, 0.3) is 0 Å². The molecular formula is C18H21N3O2. The highest BCUT2D eigenvalue weighted by molar-refractivity contribution is 6.00. The van der Waals surface area contributed by atoms with Crippen molar-refractivity contribution in [3.05, 3.63) is 29.8 Å². The lowest BCUT2D eigenvalue weighted by Crippen LogP contribution is -2.55. The molecule has 3 rings (SSSR count). The van der Waals surface area contributed by atoms with Crippen LogP contribution >= 0.6 is 0 Å². The van der Waals surface area contributed by atoms with Crippen LogP contribution in [0.1, 0.15) is 31.2 Å². The molecule has 1 saturated heterocycles. The fourth-order valence-electron chi connectivity index (χ4n) is 3.37. The molecule has 2 fully saturated rings. The van der Waals surface area contributed by atoms with Crippen molar-refractivity contribution in [2.75, 3.05) is 18.5 Å². The van der Waals surface area contributed by atoms with Gasteiger partial charge in [0.05, 0.1) is 12.0 Å². The summed E-state index contributed by atoms with van der Waals surface area (Å²) in [6.45, 7) is 2.39. The molecule has 0 unspecified atom stereocenters. The molecule has 1 atom stereocenters. The smallest absolute Gasteiger partial charge is 0.229 e. The summed E-state index contributed by atoms with van der Waals surface area (Å²) < 4.78 is 0. The second-order valence-corrected chi connectivity index (χ2v) is 6.64. The zero-order valence-corrected chi connectivity index (χ0v) is 13.6. The van der Waals surface area contributed by atoms with Gasteiger partial charge in [0.1, 0.15) is 5.54 Å². The highest BCUT2D eigenvalue weighted by Gasteiger charge is 2.46. The number of anilines is 1. The van der Waals surface area contributed by atoms with E-state index >= 15 is 0 Å². The second-order valence-electron chi connectivity index (χ2n) is 6.64. The molecule has 5 nitrogen and oxygen atoms in total. The maximum Gasteiger partial charge on any atom is 0.229 e. The van der Waals surface area contributed by atoms with E-state index < -0.39 is 5.54 Å².